The maximum atomic E-state index is 14.6. The fourth-order valence-electron chi connectivity index (χ4n) is 11.6. The summed E-state index contributed by atoms with van der Waals surface area (Å²) in [7, 11) is 0. The predicted octanol–water partition coefficient (Wildman–Crippen LogP) is -10.8. The summed E-state index contributed by atoms with van der Waals surface area (Å²) in [6, 6.07) is -17.8. The van der Waals surface area contributed by atoms with E-state index in [1.165, 1.54) is 50.6 Å². The maximum Gasteiger partial charge on any atom is 0.328 e. The number of carboxylic acids is 4. The van der Waals surface area contributed by atoms with Crippen LogP contribution in [0.1, 0.15) is 128 Å². The Morgan fingerprint density at radius 1 is 0.492 bits per heavy atom. The lowest BCUT2D eigenvalue weighted by molar-refractivity contribution is -0.143. The fraction of sp³-hybridized carbons (Fsp3) is 0.600. The number of rotatable bonds is 56. The van der Waals surface area contributed by atoms with Crippen LogP contribution in [0.3, 0.4) is 0 Å². The van der Waals surface area contributed by atoms with Gasteiger partial charge in [0.15, 0.2) is 5.96 Å². The normalized spacial score (nSPS) is 15.6. The number of nitrogens with zero attached hydrogens (tertiary/aromatic N) is 3. The molecule has 1 saturated heterocycles. The van der Waals surface area contributed by atoms with E-state index >= 15 is 0 Å². The lowest BCUT2D eigenvalue weighted by Crippen LogP contribution is -2.61. The first-order valence-electron chi connectivity index (χ1n) is 37.8. The molecule has 656 valence electrons. The highest BCUT2D eigenvalue weighted by atomic mass is 16.4. The quantitative estimate of drug-likeness (QED) is 0.0166. The van der Waals surface area contributed by atoms with E-state index in [1.807, 2.05) is 0 Å². The summed E-state index contributed by atoms with van der Waals surface area (Å²) in [6.45, 7) is -1.43. The first-order chi connectivity index (χ1) is 55.9. The molecule has 1 aliphatic rings. The smallest absolute Gasteiger partial charge is 0.328 e. The van der Waals surface area contributed by atoms with E-state index in [9.17, 15) is 122 Å². The van der Waals surface area contributed by atoms with Crippen molar-refractivity contribution in [2.45, 2.75) is 214 Å². The number of aliphatic carboxylic acids is 4. The lowest BCUT2D eigenvalue weighted by atomic mass is 10.0. The molecule has 32 N–H and O–H groups in total. The van der Waals surface area contributed by atoms with Crippen LogP contribution in [0.25, 0.3) is 0 Å². The van der Waals surface area contributed by atoms with E-state index in [2.05, 4.69) is 84.1 Å². The van der Waals surface area contributed by atoms with Crippen molar-refractivity contribution in [2.24, 2.45) is 33.7 Å². The number of guanidine groups is 1. The number of aromatic nitrogens is 2. The van der Waals surface area contributed by atoms with E-state index < -0.39 is 275 Å². The number of aromatic amines is 1. The summed E-state index contributed by atoms with van der Waals surface area (Å²) in [6.07, 6.45) is -2.44. The fourth-order valence-corrected chi connectivity index (χ4v) is 11.6. The number of hydrogen-bond acceptors (Lipinski definition) is 27. The maximum absolute atomic E-state index is 14.6. The molecule has 48 nitrogen and oxygen atoms in total. The number of carbonyl (C=O) groups is 18. The Labute approximate surface area is 675 Å². The number of aliphatic hydroxyl groups excluding tert-OH is 3. The highest BCUT2D eigenvalue weighted by molar-refractivity contribution is 6.01. The minimum Gasteiger partial charge on any atom is -0.508 e. The van der Waals surface area contributed by atoms with Crippen LogP contribution < -0.4 is 97.8 Å². The van der Waals surface area contributed by atoms with Crippen LogP contribution in [-0.2, 0) is 99.1 Å². The number of nitrogens with one attached hydrogen (secondary N) is 14. The van der Waals surface area contributed by atoms with Gasteiger partial charge in [-0.15, -0.1) is 0 Å². The van der Waals surface area contributed by atoms with Gasteiger partial charge in [0, 0.05) is 57.1 Å². The zero-order valence-electron chi connectivity index (χ0n) is 65.1. The summed E-state index contributed by atoms with van der Waals surface area (Å²) in [5, 5.41) is 108. The first-order valence-corrected chi connectivity index (χ1v) is 37.8. The summed E-state index contributed by atoms with van der Waals surface area (Å²) in [5.74, 6) is -21.6. The van der Waals surface area contributed by atoms with Crippen LogP contribution in [0.15, 0.2) is 41.8 Å². The van der Waals surface area contributed by atoms with Gasteiger partial charge in [-0.25, -0.2) is 9.78 Å². The second kappa shape index (κ2) is 52.3. The number of hydrogen-bond donors (Lipinski definition) is 27. The molecule has 0 aliphatic carbocycles. The van der Waals surface area contributed by atoms with Gasteiger partial charge in [0.05, 0.1) is 32.7 Å². The number of aliphatic hydroxyl groups is 3. The van der Waals surface area contributed by atoms with Crippen molar-refractivity contribution in [3.8, 4) is 5.75 Å². The van der Waals surface area contributed by atoms with E-state index in [1.54, 1.807) is 0 Å². The summed E-state index contributed by atoms with van der Waals surface area (Å²) in [4.78, 5) is 254. The van der Waals surface area contributed by atoms with Gasteiger partial charge in [0.2, 0.25) is 82.7 Å². The van der Waals surface area contributed by atoms with Gasteiger partial charge < -0.3 is 149 Å². The molecule has 1 fully saturated rings. The molecular formula is C70H110N22O26. The Balaban J connectivity index is 1.95. The largest absolute Gasteiger partial charge is 0.508 e. The van der Waals surface area contributed by atoms with Crippen LogP contribution >= 0.6 is 0 Å². The molecule has 1 aromatic carbocycles. The summed E-state index contributed by atoms with van der Waals surface area (Å²) >= 11 is 0. The van der Waals surface area contributed by atoms with E-state index in [-0.39, 0.29) is 89.7 Å². The summed E-state index contributed by atoms with van der Waals surface area (Å²) in [5.41, 5.74) is 28.6. The monoisotopic (exact) mass is 1670 g/mol. The zero-order chi connectivity index (χ0) is 88.3. The van der Waals surface area contributed by atoms with Crippen LogP contribution in [0.2, 0.25) is 0 Å². The van der Waals surface area contributed by atoms with Gasteiger partial charge in [-0.3, -0.25) is 86.5 Å². The van der Waals surface area contributed by atoms with Gasteiger partial charge in [-0.1, -0.05) is 12.1 Å². The number of unbranched alkanes of at least 4 members (excludes halogenated alkanes) is 2. The van der Waals surface area contributed by atoms with Crippen molar-refractivity contribution in [3.63, 3.8) is 0 Å². The second-order valence-electron chi connectivity index (χ2n) is 27.5. The number of carbonyl (C=O) groups excluding carboxylic acids is 14. The third-order valence-corrected chi connectivity index (χ3v) is 18.1. The molecule has 2 heterocycles. The number of aliphatic imine (C=N–C) groups is 1. The molecule has 0 radical (unpaired) electrons. The van der Waals surface area contributed by atoms with Crippen LogP contribution in [-0.4, -0.2) is 305 Å². The number of amides is 14. The molecule has 0 spiro atoms. The highest BCUT2D eigenvalue weighted by Gasteiger charge is 2.42. The van der Waals surface area contributed by atoms with Crippen molar-refractivity contribution in [2.75, 3.05) is 52.5 Å². The number of H-pyrrole nitrogens is 1. The van der Waals surface area contributed by atoms with Gasteiger partial charge >= 0.3 is 23.9 Å². The number of imidazole rings is 1. The number of likely N-dealkylation sites (tertiary alicyclic amines) is 1. The molecule has 0 saturated carbocycles. The predicted molar refractivity (Wildman–Crippen MR) is 410 cm³/mol. The SMILES string of the molecule is CC(NC(=O)CNC(=O)C(N)CO)C(=O)NC(CCC(=O)O)C(=O)NC(CCCCN)C(=O)N1CCCC1C(=O)NC(CCC(=O)O)C(=O)NC(CCCCN)C(=O)NC(CCC(=O)O)C(=O)NC(CCCN=C(N)N)C(=O)NC(CO)C(=O)NC(Cc1ccc(O)cc1)C(=O)NC(C)C(=O)NC(Cc1cnc[nH]1)C(=O)NC(CO)C(=O)O. The molecule has 14 unspecified atom stereocenters. The molecule has 48 heteroatoms. The van der Waals surface area contributed by atoms with E-state index in [0.29, 0.717) is 17.7 Å². The number of phenolic OH excluding ortho intramolecular Hbond substituents is 1. The minimum atomic E-state index is -1.98. The first kappa shape index (κ1) is 99.9. The van der Waals surface area contributed by atoms with E-state index in [0.717, 1.165) is 4.90 Å². The molecule has 1 aromatic heterocycles. The Morgan fingerprint density at radius 3 is 1.38 bits per heavy atom. The number of nitrogens with two attached hydrogens (primary N) is 5. The second-order valence-corrected chi connectivity index (χ2v) is 27.5. The van der Waals surface area contributed by atoms with Crippen molar-refractivity contribution < 1.29 is 127 Å². The van der Waals surface area contributed by atoms with Gasteiger partial charge in [-0.2, -0.15) is 0 Å². The van der Waals surface area contributed by atoms with Crippen molar-refractivity contribution >= 4 is 113 Å². The third-order valence-electron chi connectivity index (χ3n) is 18.1. The van der Waals surface area contributed by atoms with Gasteiger partial charge in [-0.05, 0) is 128 Å². The van der Waals surface area contributed by atoms with Crippen LogP contribution in [0.5, 0.6) is 5.75 Å². The number of benzene rings is 1. The molecular weight excluding hydrogens is 1560 g/mol. The van der Waals surface area contributed by atoms with Crippen molar-refractivity contribution in [1.29, 1.82) is 0 Å². The zero-order valence-corrected chi connectivity index (χ0v) is 65.1. The Bertz CT molecular complexity index is 3780. The Hall–Kier alpha value is -12.3. The lowest BCUT2D eigenvalue weighted by Gasteiger charge is -2.31. The topological polar surface area (TPSA) is 800 Å². The Kier molecular flexibility index (Phi) is 44.3. The molecule has 0 bridgehead atoms. The van der Waals surface area contributed by atoms with Crippen molar-refractivity contribution in [3.05, 3.63) is 48.0 Å². The van der Waals surface area contributed by atoms with Crippen molar-refractivity contribution in [1.82, 2.24) is 84.0 Å². The standard InChI is InChI=1S/C70H110N22O26/c1-35(80-52(97)30-78-58(106)40(73)31-93)56(104)82-43(17-20-53(98)99)63(111)87-46(10-4-6-24-72)68(116)92-26-8-12-51(92)67(115)86-45(19-22-55(102)103)62(110)83-41(9-3-5-23-71)59(107)85-44(18-21-54(100)101)61(109)84-42(11-7-25-77-70(74)75)60(108)90-49(32-94)66(114)89-47(27-37-13-15-39(96)16-14-37)64(112)81-36(2)57(105)88-48(28-38-29-76-34-79-38)65(113)91-50(33-95)69(117)118/h13-16,29,34-36,40-51,93-96H,3-12,17-28,30-33,71-73H2,1-2H3,(H,76,79)(H,78,106)(H,80,97)(H,81,112)(H,82,104)(H,83,110)(H,84,109)(H,85,107)(H,86,115)(H,87,111)(H,88,105)(H,89,114)(H,90,108)(H,91,113)(H,98,99)(H,100,101)(H,102,103)(H,117,118)(H4,74,75,77). The highest BCUT2D eigenvalue weighted by Crippen LogP contribution is 2.22. The van der Waals surface area contributed by atoms with Crippen LogP contribution in [0, 0.1) is 0 Å². The third kappa shape index (κ3) is 36.3. The van der Waals surface area contributed by atoms with Gasteiger partial charge in [0.1, 0.15) is 90.3 Å². The van der Waals surface area contributed by atoms with E-state index in [4.69, 9.17) is 33.8 Å². The number of carboxylic acid groups (broad SMARTS) is 4. The average molecular weight is 1680 g/mol. The van der Waals surface area contributed by atoms with Crippen LogP contribution in [0.4, 0.5) is 0 Å². The molecule has 3 rings (SSSR count). The summed E-state index contributed by atoms with van der Waals surface area (Å²) < 4.78 is 0. The molecule has 118 heavy (non-hydrogen) atoms. The van der Waals surface area contributed by atoms with Gasteiger partial charge in [0.25, 0.3) is 0 Å². The Morgan fingerprint density at radius 2 is 0.907 bits per heavy atom. The minimum absolute atomic E-state index is 0.0440. The molecule has 2 aromatic rings. The number of phenols is 1. The average Bonchev–Trinajstić information content (AvgIpc) is 1.63. The molecule has 1 aliphatic heterocycles. The number of aromatic hydroxyl groups is 1. The molecule has 14 amide bonds. The molecule has 14 atom stereocenters.